The lowest BCUT2D eigenvalue weighted by Crippen LogP contribution is -2.12. The van der Waals surface area contributed by atoms with Gasteiger partial charge in [-0.2, -0.15) is 0 Å². The van der Waals surface area contributed by atoms with Crippen molar-refractivity contribution in [1.29, 1.82) is 0 Å². The van der Waals surface area contributed by atoms with Gasteiger partial charge >= 0.3 is 6.01 Å². The van der Waals surface area contributed by atoms with Crippen molar-refractivity contribution in [3.63, 3.8) is 0 Å². The molecule has 0 aliphatic carbocycles. The van der Waals surface area contributed by atoms with E-state index in [0.717, 1.165) is 11.3 Å². The number of aromatic nitrogens is 2. The van der Waals surface area contributed by atoms with Crippen LogP contribution in [0.3, 0.4) is 0 Å². The number of thioether (sulfide) groups is 1. The van der Waals surface area contributed by atoms with E-state index in [1.54, 1.807) is 24.3 Å². The number of carbonyl (C=O) groups excluding carboxylic acids is 1. The summed E-state index contributed by atoms with van der Waals surface area (Å²) in [7, 11) is 0. The summed E-state index contributed by atoms with van der Waals surface area (Å²) in [4.78, 5) is 13.5. The number of hydrogen-bond acceptors (Lipinski definition) is 6. The number of rotatable bonds is 8. The highest BCUT2D eigenvalue weighted by Gasteiger charge is 2.12. The van der Waals surface area contributed by atoms with E-state index in [1.165, 1.54) is 4.90 Å². The Morgan fingerprint density at radius 3 is 2.46 bits per heavy atom. The maximum absolute atomic E-state index is 12.3. The Morgan fingerprint density at radius 1 is 1.11 bits per heavy atom. The molecule has 0 unspecified atom stereocenters. The summed E-state index contributed by atoms with van der Waals surface area (Å²) in [6.07, 6.45) is 0.512. The van der Waals surface area contributed by atoms with Crippen LogP contribution in [0.1, 0.15) is 42.6 Å². The van der Waals surface area contributed by atoms with Crippen molar-refractivity contribution in [3.8, 4) is 5.75 Å². The van der Waals surface area contributed by atoms with Crippen LogP contribution in [-0.4, -0.2) is 28.0 Å². The Morgan fingerprint density at radius 2 is 1.82 bits per heavy atom. The number of anilines is 1. The Bertz CT molecular complexity index is 905. The molecule has 0 atom stereocenters. The molecule has 146 valence electrons. The molecule has 0 aliphatic rings. The van der Waals surface area contributed by atoms with E-state index in [4.69, 9.17) is 9.15 Å². The van der Waals surface area contributed by atoms with Gasteiger partial charge in [0.15, 0.2) is 0 Å². The summed E-state index contributed by atoms with van der Waals surface area (Å²) < 4.78 is 10.9. The SMILES string of the molecule is CCOc1ccc(C(=O)Nc2nnc(Cc3ccc(SC(C)C)cc3)o2)cc1. The molecule has 1 amide bonds. The van der Waals surface area contributed by atoms with E-state index in [9.17, 15) is 4.79 Å². The van der Waals surface area contributed by atoms with E-state index in [-0.39, 0.29) is 11.9 Å². The Labute approximate surface area is 168 Å². The molecule has 3 rings (SSSR count). The average Bonchev–Trinajstić information content (AvgIpc) is 3.10. The molecule has 0 aliphatic heterocycles. The number of benzene rings is 2. The van der Waals surface area contributed by atoms with Gasteiger partial charge in [-0.15, -0.1) is 16.9 Å². The molecule has 28 heavy (non-hydrogen) atoms. The third-order valence-electron chi connectivity index (χ3n) is 3.77. The second kappa shape index (κ2) is 9.41. The second-order valence-corrected chi connectivity index (χ2v) is 8.05. The Kier molecular flexibility index (Phi) is 6.71. The van der Waals surface area contributed by atoms with Crippen molar-refractivity contribution < 1.29 is 13.9 Å². The fraction of sp³-hybridized carbons (Fsp3) is 0.286. The average molecular weight is 398 g/mol. The van der Waals surface area contributed by atoms with Crippen LogP contribution in [0.15, 0.2) is 57.8 Å². The first-order chi connectivity index (χ1) is 13.5. The minimum absolute atomic E-state index is 0.0841. The molecular weight excluding hydrogens is 374 g/mol. The van der Waals surface area contributed by atoms with Crippen molar-refractivity contribution in [3.05, 3.63) is 65.5 Å². The molecule has 0 radical (unpaired) electrons. The van der Waals surface area contributed by atoms with Crippen molar-refractivity contribution in [2.24, 2.45) is 0 Å². The molecule has 1 N–H and O–H groups in total. The van der Waals surface area contributed by atoms with Crippen LogP contribution in [0.4, 0.5) is 6.01 Å². The van der Waals surface area contributed by atoms with Crippen molar-refractivity contribution >= 4 is 23.7 Å². The van der Waals surface area contributed by atoms with Crippen LogP contribution in [0.25, 0.3) is 0 Å². The molecule has 7 heteroatoms. The van der Waals surface area contributed by atoms with E-state index in [0.29, 0.717) is 29.7 Å². The summed E-state index contributed by atoms with van der Waals surface area (Å²) in [6, 6.07) is 15.2. The minimum Gasteiger partial charge on any atom is -0.494 e. The fourth-order valence-electron chi connectivity index (χ4n) is 2.55. The van der Waals surface area contributed by atoms with Gasteiger partial charge in [0.2, 0.25) is 5.89 Å². The summed E-state index contributed by atoms with van der Waals surface area (Å²) in [6.45, 7) is 6.82. The van der Waals surface area contributed by atoms with E-state index in [2.05, 4.69) is 41.5 Å². The zero-order chi connectivity index (χ0) is 19.9. The van der Waals surface area contributed by atoms with E-state index in [1.807, 2.05) is 30.8 Å². The van der Waals surface area contributed by atoms with Gasteiger partial charge in [-0.25, -0.2) is 0 Å². The molecule has 0 fully saturated rings. The summed E-state index contributed by atoms with van der Waals surface area (Å²) in [5.74, 6) is 0.858. The Balaban J connectivity index is 1.58. The first-order valence-corrected chi connectivity index (χ1v) is 10.0. The monoisotopic (exact) mass is 397 g/mol. The van der Waals surface area contributed by atoms with Crippen molar-refractivity contribution in [1.82, 2.24) is 10.2 Å². The first kappa shape index (κ1) is 19.9. The number of amides is 1. The quantitative estimate of drug-likeness (QED) is 0.550. The molecule has 0 saturated carbocycles. The molecule has 0 spiro atoms. The van der Waals surface area contributed by atoms with Crippen molar-refractivity contribution in [2.75, 3.05) is 11.9 Å². The lowest BCUT2D eigenvalue weighted by atomic mass is 10.1. The lowest BCUT2D eigenvalue weighted by molar-refractivity contribution is 0.102. The highest BCUT2D eigenvalue weighted by molar-refractivity contribution is 7.99. The molecule has 0 saturated heterocycles. The van der Waals surface area contributed by atoms with Gasteiger partial charge in [-0.3, -0.25) is 10.1 Å². The second-order valence-electron chi connectivity index (χ2n) is 6.40. The Hall–Kier alpha value is -2.80. The third-order valence-corrected chi connectivity index (χ3v) is 4.78. The van der Waals surface area contributed by atoms with Crippen LogP contribution in [0.5, 0.6) is 5.75 Å². The van der Waals surface area contributed by atoms with Gasteiger partial charge in [0, 0.05) is 15.7 Å². The van der Waals surface area contributed by atoms with Gasteiger partial charge in [0.05, 0.1) is 13.0 Å². The molecule has 1 aromatic heterocycles. The molecule has 6 nitrogen and oxygen atoms in total. The first-order valence-electron chi connectivity index (χ1n) is 9.15. The fourth-order valence-corrected chi connectivity index (χ4v) is 3.38. The largest absolute Gasteiger partial charge is 0.494 e. The molecule has 2 aromatic carbocycles. The van der Waals surface area contributed by atoms with Crippen molar-refractivity contribution in [2.45, 2.75) is 37.3 Å². The van der Waals surface area contributed by atoms with Gasteiger partial charge in [-0.05, 0) is 48.9 Å². The zero-order valence-electron chi connectivity index (χ0n) is 16.1. The van der Waals surface area contributed by atoms with E-state index >= 15 is 0 Å². The van der Waals surface area contributed by atoms with Crippen LogP contribution in [-0.2, 0) is 6.42 Å². The number of nitrogens with one attached hydrogen (secondary N) is 1. The predicted octanol–water partition coefficient (Wildman–Crippen LogP) is 4.81. The van der Waals surface area contributed by atoms with Crippen LogP contribution >= 0.6 is 11.8 Å². The van der Waals surface area contributed by atoms with Crippen LogP contribution < -0.4 is 10.1 Å². The molecule has 3 aromatic rings. The zero-order valence-corrected chi connectivity index (χ0v) is 17.0. The maximum Gasteiger partial charge on any atom is 0.322 e. The van der Waals surface area contributed by atoms with Gasteiger partial charge in [-0.1, -0.05) is 31.1 Å². The standard InChI is InChI=1S/C21H23N3O3S/c1-4-26-17-9-7-16(8-10-17)20(25)22-21-24-23-19(27-21)13-15-5-11-18(12-6-15)28-14(2)3/h5-12,14H,4,13H2,1-3H3,(H,22,24,25). The van der Waals surface area contributed by atoms with Crippen LogP contribution in [0, 0.1) is 0 Å². The predicted molar refractivity (Wildman–Crippen MR) is 110 cm³/mol. The van der Waals surface area contributed by atoms with Crippen LogP contribution in [0.2, 0.25) is 0 Å². The normalized spacial score (nSPS) is 10.9. The third kappa shape index (κ3) is 5.60. The summed E-state index contributed by atoms with van der Waals surface area (Å²) >= 11 is 1.82. The maximum atomic E-state index is 12.3. The summed E-state index contributed by atoms with van der Waals surface area (Å²) in [5.41, 5.74) is 1.56. The van der Waals surface area contributed by atoms with E-state index < -0.39 is 0 Å². The van der Waals surface area contributed by atoms with Gasteiger partial charge in [0.1, 0.15) is 5.75 Å². The molecular formula is C21H23N3O3S. The molecule has 1 heterocycles. The minimum atomic E-state index is -0.312. The smallest absolute Gasteiger partial charge is 0.322 e. The number of hydrogen-bond donors (Lipinski definition) is 1. The lowest BCUT2D eigenvalue weighted by Gasteiger charge is -2.05. The van der Waals surface area contributed by atoms with Gasteiger partial charge in [0.25, 0.3) is 5.91 Å². The topological polar surface area (TPSA) is 77.2 Å². The highest BCUT2D eigenvalue weighted by Crippen LogP contribution is 2.23. The number of nitrogens with zero attached hydrogens (tertiary/aromatic N) is 2. The van der Waals surface area contributed by atoms with Gasteiger partial charge < -0.3 is 9.15 Å². The molecule has 0 bridgehead atoms. The number of carbonyl (C=O) groups is 1. The highest BCUT2D eigenvalue weighted by atomic mass is 32.2. The summed E-state index contributed by atoms with van der Waals surface area (Å²) in [5, 5.41) is 11.1. The number of ether oxygens (including phenoxy) is 1.